The lowest BCUT2D eigenvalue weighted by Gasteiger charge is -1.99. The van der Waals surface area contributed by atoms with E-state index in [4.69, 9.17) is 4.55 Å². The highest BCUT2D eigenvalue weighted by Gasteiger charge is 2.06. The van der Waals surface area contributed by atoms with E-state index in [0.717, 1.165) is 0 Å². The Hall–Kier alpha value is -0.270. The Morgan fingerprint density at radius 1 is 1.54 bits per heavy atom. The summed E-state index contributed by atoms with van der Waals surface area (Å²) in [6.07, 6.45) is 0.555. The van der Waals surface area contributed by atoms with Crippen LogP contribution in [-0.4, -0.2) is 31.3 Å². The molecule has 1 N–H and O–H groups in total. The van der Waals surface area contributed by atoms with E-state index in [0.29, 0.717) is 23.8 Å². The normalized spacial score (nSPS) is 11.2. The first-order valence-electron chi connectivity index (χ1n) is 3.73. The lowest BCUT2D eigenvalue weighted by atomic mass is 10.3. The Kier molecular flexibility index (Phi) is 6.10. The van der Waals surface area contributed by atoms with Gasteiger partial charge in [0.1, 0.15) is 0 Å². The van der Waals surface area contributed by atoms with Crippen molar-refractivity contribution in [3.63, 3.8) is 0 Å². The van der Waals surface area contributed by atoms with Crippen molar-refractivity contribution >= 4 is 25.9 Å². The number of hydrogen-bond acceptors (Lipinski definition) is 5. The summed E-state index contributed by atoms with van der Waals surface area (Å²) in [6, 6.07) is 0. The quantitative estimate of drug-likeness (QED) is 0.314. The Balaban J connectivity index is 3.41. The molecule has 0 aromatic heterocycles. The van der Waals surface area contributed by atoms with Crippen LogP contribution in [0, 0.1) is 0 Å². The molecule has 5 nitrogen and oxygen atoms in total. The lowest BCUT2D eigenvalue weighted by Crippen LogP contribution is -2.04. The predicted octanol–water partition coefficient (Wildman–Crippen LogP) is 0.866. The molecule has 0 atom stereocenters. The van der Waals surface area contributed by atoms with E-state index in [1.54, 1.807) is 6.92 Å². The van der Waals surface area contributed by atoms with Gasteiger partial charge in [0.2, 0.25) is 0 Å². The highest BCUT2D eigenvalue weighted by Crippen LogP contribution is 2.11. The minimum Gasteiger partial charge on any atom is -0.466 e. The summed E-state index contributed by atoms with van der Waals surface area (Å²) in [5.74, 6) is -0.157. The van der Waals surface area contributed by atoms with Gasteiger partial charge in [-0.15, -0.1) is 0 Å². The summed E-state index contributed by atoms with van der Waals surface area (Å²) >= 11 is 0. The van der Waals surface area contributed by atoms with Gasteiger partial charge in [-0.25, -0.2) is 0 Å². The van der Waals surface area contributed by atoms with Gasteiger partial charge in [0.05, 0.1) is 6.61 Å². The van der Waals surface area contributed by atoms with Crippen molar-refractivity contribution in [2.24, 2.45) is 0 Å². The highest BCUT2D eigenvalue weighted by molar-refractivity contribution is 8.69. The predicted molar refractivity (Wildman–Crippen MR) is 49.9 cm³/mol. The zero-order valence-corrected chi connectivity index (χ0v) is 8.86. The molecule has 0 aliphatic heterocycles. The maximum atomic E-state index is 10.7. The van der Waals surface area contributed by atoms with Crippen LogP contribution < -0.4 is 0 Å². The first kappa shape index (κ1) is 12.7. The molecule has 0 unspecified atom stereocenters. The van der Waals surface area contributed by atoms with Gasteiger partial charge < -0.3 is 4.74 Å². The van der Waals surface area contributed by atoms with Crippen molar-refractivity contribution in [3.05, 3.63) is 0 Å². The topological polar surface area (TPSA) is 80.7 Å². The lowest BCUT2D eigenvalue weighted by molar-refractivity contribution is -0.143. The maximum Gasteiger partial charge on any atom is 0.319 e. The fourth-order valence-corrected chi connectivity index (χ4v) is 2.07. The monoisotopic (exact) mass is 228 g/mol. The van der Waals surface area contributed by atoms with E-state index in [1.807, 2.05) is 0 Å². The Morgan fingerprint density at radius 2 is 2.15 bits per heavy atom. The van der Waals surface area contributed by atoms with Crippen LogP contribution in [0.25, 0.3) is 0 Å². The fraction of sp³-hybridized carbons (Fsp3) is 0.833. The third-order valence-electron chi connectivity index (χ3n) is 1.06. The number of carbonyl (C=O) groups excluding carboxylic acids is 1. The molecule has 0 bridgehead atoms. The number of rotatable bonds is 6. The molecule has 7 heteroatoms. The molecule has 0 aromatic rings. The number of hydrogen-bond donors (Lipinski definition) is 1. The van der Waals surface area contributed by atoms with Crippen LogP contribution in [0.1, 0.15) is 19.8 Å². The van der Waals surface area contributed by atoms with Crippen LogP contribution in [-0.2, 0) is 18.7 Å². The number of carbonyl (C=O) groups is 1. The standard InChI is InChI=1S/C6H12O5S2/c1-2-11-6(7)4-3-5-12-13(8,9)10/h2-5H2,1H3,(H,8,9,10). The fourth-order valence-electron chi connectivity index (χ4n) is 0.614. The van der Waals surface area contributed by atoms with Crippen molar-refractivity contribution in [3.8, 4) is 0 Å². The van der Waals surface area contributed by atoms with Gasteiger partial charge >= 0.3 is 15.1 Å². The third-order valence-corrected chi connectivity index (χ3v) is 3.21. The minimum absolute atomic E-state index is 0.177. The summed E-state index contributed by atoms with van der Waals surface area (Å²) in [5, 5.41) is 0. The molecule has 0 spiro atoms. The van der Waals surface area contributed by atoms with Crippen LogP contribution >= 0.6 is 10.8 Å². The molecule has 0 fully saturated rings. The van der Waals surface area contributed by atoms with Crippen LogP contribution in [0.3, 0.4) is 0 Å². The summed E-state index contributed by atoms with van der Waals surface area (Å²) in [7, 11) is -3.56. The second-order valence-electron chi connectivity index (χ2n) is 2.16. The van der Waals surface area contributed by atoms with Gasteiger partial charge in [0, 0.05) is 12.2 Å². The molecular weight excluding hydrogens is 216 g/mol. The SMILES string of the molecule is CCOC(=O)CCCSS(=O)(=O)O. The van der Waals surface area contributed by atoms with Crippen molar-refractivity contribution in [1.29, 1.82) is 0 Å². The van der Waals surface area contributed by atoms with Crippen LogP contribution in [0.15, 0.2) is 0 Å². The first-order valence-corrected chi connectivity index (χ1v) is 6.67. The molecule has 0 saturated carbocycles. The average Bonchev–Trinajstić information content (AvgIpc) is 1.97. The molecule has 0 radical (unpaired) electrons. The van der Waals surface area contributed by atoms with E-state index < -0.39 is 9.15 Å². The largest absolute Gasteiger partial charge is 0.466 e. The summed E-state index contributed by atoms with van der Waals surface area (Å²) in [6.45, 7) is 2.02. The van der Waals surface area contributed by atoms with Crippen molar-refractivity contribution in [1.82, 2.24) is 0 Å². The highest BCUT2D eigenvalue weighted by atomic mass is 33.1. The smallest absolute Gasteiger partial charge is 0.319 e. The van der Waals surface area contributed by atoms with Gasteiger partial charge in [-0.2, -0.15) is 8.42 Å². The van der Waals surface area contributed by atoms with E-state index >= 15 is 0 Å². The van der Waals surface area contributed by atoms with Crippen LogP contribution in [0.5, 0.6) is 0 Å². The second kappa shape index (κ2) is 6.22. The van der Waals surface area contributed by atoms with Gasteiger partial charge in [-0.05, 0) is 24.1 Å². The summed E-state index contributed by atoms with van der Waals surface area (Å²) in [4.78, 5) is 10.7. The minimum atomic E-state index is -3.97. The Morgan fingerprint density at radius 3 is 2.62 bits per heavy atom. The van der Waals surface area contributed by atoms with Crippen molar-refractivity contribution < 1.29 is 22.5 Å². The van der Waals surface area contributed by atoms with Crippen LogP contribution in [0.4, 0.5) is 0 Å². The van der Waals surface area contributed by atoms with Gasteiger partial charge in [-0.1, -0.05) is 0 Å². The molecule has 0 saturated heterocycles. The molecule has 0 heterocycles. The molecule has 0 aliphatic carbocycles. The van der Waals surface area contributed by atoms with Gasteiger partial charge in [-0.3, -0.25) is 9.35 Å². The first-order chi connectivity index (χ1) is 5.95. The Labute approximate surface area is 81.0 Å². The second-order valence-corrected chi connectivity index (χ2v) is 5.63. The third kappa shape index (κ3) is 9.65. The Bertz CT molecular complexity index is 246. The summed E-state index contributed by atoms with van der Waals surface area (Å²) in [5.41, 5.74) is 0. The van der Waals surface area contributed by atoms with Gasteiger partial charge in [0.25, 0.3) is 0 Å². The molecule has 0 aromatic carbocycles. The maximum absolute atomic E-state index is 10.7. The van der Waals surface area contributed by atoms with E-state index in [1.165, 1.54) is 0 Å². The van der Waals surface area contributed by atoms with Crippen molar-refractivity contribution in [2.75, 3.05) is 12.4 Å². The van der Waals surface area contributed by atoms with E-state index in [2.05, 4.69) is 4.74 Å². The average molecular weight is 228 g/mol. The number of ether oxygens (including phenoxy) is 1. The zero-order chi connectivity index (χ0) is 10.3. The van der Waals surface area contributed by atoms with Gasteiger partial charge in [0.15, 0.2) is 0 Å². The zero-order valence-electron chi connectivity index (χ0n) is 7.23. The van der Waals surface area contributed by atoms with E-state index in [9.17, 15) is 13.2 Å². The van der Waals surface area contributed by atoms with E-state index in [-0.39, 0.29) is 18.1 Å². The van der Waals surface area contributed by atoms with Crippen LogP contribution in [0.2, 0.25) is 0 Å². The number of esters is 1. The summed E-state index contributed by atoms with van der Waals surface area (Å²) < 4.78 is 33.3. The molecule has 13 heavy (non-hydrogen) atoms. The molecule has 0 amide bonds. The molecular formula is C6H12O5S2. The van der Waals surface area contributed by atoms with Crippen molar-refractivity contribution in [2.45, 2.75) is 19.8 Å². The molecule has 78 valence electrons. The molecule has 0 rings (SSSR count). The molecule has 0 aliphatic rings.